The molecule has 0 fully saturated rings. The van der Waals surface area contributed by atoms with Crippen LogP contribution in [0, 0.1) is 0 Å². The molecular weight excluding hydrogens is 256 g/mol. The number of ether oxygens (including phenoxy) is 2. The summed E-state index contributed by atoms with van der Waals surface area (Å²) in [5.74, 6) is 1.40. The van der Waals surface area contributed by atoms with Crippen molar-refractivity contribution in [1.29, 1.82) is 0 Å². The van der Waals surface area contributed by atoms with E-state index in [2.05, 4.69) is 17.1 Å². The number of benzene rings is 1. The molecule has 0 saturated heterocycles. The second-order valence-electron chi connectivity index (χ2n) is 4.49. The summed E-state index contributed by atoms with van der Waals surface area (Å²) < 4.78 is 10.5. The fourth-order valence-electron chi connectivity index (χ4n) is 2.07. The van der Waals surface area contributed by atoms with Gasteiger partial charge in [0.05, 0.1) is 19.9 Å². The van der Waals surface area contributed by atoms with Crippen molar-refractivity contribution in [1.82, 2.24) is 5.32 Å². The van der Waals surface area contributed by atoms with E-state index in [-0.39, 0.29) is 6.10 Å². The number of methoxy groups -OCH3 is 2. The molecule has 5 nitrogen and oxygen atoms in total. The van der Waals surface area contributed by atoms with E-state index in [9.17, 15) is 0 Å². The summed E-state index contributed by atoms with van der Waals surface area (Å²) in [4.78, 5) is 5.42. The summed E-state index contributed by atoms with van der Waals surface area (Å²) in [6, 6.07) is 5.75. The van der Waals surface area contributed by atoms with Gasteiger partial charge in [-0.15, -0.1) is 6.58 Å². The maximum absolute atomic E-state index is 5.42. The maximum atomic E-state index is 5.42. The molecule has 1 atom stereocenters. The molecule has 0 bridgehead atoms. The summed E-state index contributed by atoms with van der Waals surface area (Å²) >= 11 is 0. The molecule has 0 aromatic heterocycles. The zero-order chi connectivity index (χ0) is 14.4. The summed E-state index contributed by atoms with van der Waals surface area (Å²) in [6.45, 7) is 5.19. The molecule has 1 heterocycles. The first kappa shape index (κ1) is 14.4. The Balaban J connectivity index is 2.01. The Bertz CT molecular complexity index is 500. The first-order valence-corrected chi connectivity index (χ1v) is 6.55. The third-order valence-corrected chi connectivity index (χ3v) is 3.11. The minimum Gasteiger partial charge on any atom is -0.493 e. The molecule has 1 aromatic rings. The van der Waals surface area contributed by atoms with Gasteiger partial charge >= 0.3 is 0 Å². The van der Waals surface area contributed by atoms with Gasteiger partial charge in [0.2, 0.25) is 0 Å². The smallest absolute Gasteiger partial charge is 0.161 e. The van der Waals surface area contributed by atoms with Gasteiger partial charge in [0, 0.05) is 25.1 Å². The largest absolute Gasteiger partial charge is 0.493 e. The molecule has 0 aliphatic carbocycles. The van der Waals surface area contributed by atoms with E-state index in [1.165, 1.54) is 0 Å². The van der Waals surface area contributed by atoms with Crippen LogP contribution in [-0.4, -0.2) is 39.1 Å². The Hall–Kier alpha value is -2.01. The number of oxime groups is 1. The van der Waals surface area contributed by atoms with Crippen LogP contribution < -0.4 is 14.8 Å². The highest BCUT2D eigenvalue weighted by molar-refractivity contribution is 6.01. The molecule has 20 heavy (non-hydrogen) atoms. The molecular formula is C15H20N2O3. The Kier molecular flexibility index (Phi) is 5.01. The standard InChI is InChI=1S/C15H20N2O3/c1-4-7-16-10-12-9-13(17-20-12)11-5-6-14(18-2)15(8-11)19-3/h4-6,8,12,16H,1,7,9-10H2,2-3H3/t12-/m1/s1. The van der Waals surface area contributed by atoms with Gasteiger partial charge in [0.1, 0.15) is 6.10 Å². The van der Waals surface area contributed by atoms with Crippen molar-refractivity contribution in [3.63, 3.8) is 0 Å². The van der Waals surface area contributed by atoms with Gasteiger partial charge in [-0.2, -0.15) is 0 Å². The van der Waals surface area contributed by atoms with Crippen LogP contribution in [0.2, 0.25) is 0 Å². The lowest BCUT2D eigenvalue weighted by Crippen LogP contribution is -2.27. The topological polar surface area (TPSA) is 52.1 Å². The molecule has 0 amide bonds. The average molecular weight is 276 g/mol. The zero-order valence-corrected chi connectivity index (χ0v) is 11.9. The zero-order valence-electron chi connectivity index (χ0n) is 11.9. The molecule has 0 radical (unpaired) electrons. The normalized spacial score (nSPS) is 17.3. The van der Waals surface area contributed by atoms with Gasteiger partial charge < -0.3 is 19.6 Å². The van der Waals surface area contributed by atoms with Crippen molar-refractivity contribution < 1.29 is 14.3 Å². The van der Waals surface area contributed by atoms with Crippen molar-refractivity contribution >= 4 is 5.71 Å². The van der Waals surface area contributed by atoms with Crippen LogP contribution in [0.5, 0.6) is 11.5 Å². The maximum Gasteiger partial charge on any atom is 0.161 e. The molecule has 1 aliphatic rings. The summed E-state index contributed by atoms with van der Waals surface area (Å²) in [5.41, 5.74) is 1.92. The van der Waals surface area contributed by atoms with Gasteiger partial charge in [0.25, 0.3) is 0 Å². The minimum atomic E-state index is 0.0676. The quantitative estimate of drug-likeness (QED) is 0.611. The van der Waals surface area contributed by atoms with Crippen LogP contribution in [0.4, 0.5) is 0 Å². The van der Waals surface area contributed by atoms with Crippen molar-refractivity contribution in [3.8, 4) is 11.5 Å². The van der Waals surface area contributed by atoms with E-state index in [4.69, 9.17) is 14.3 Å². The van der Waals surface area contributed by atoms with Gasteiger partial charge in [-0.3, -0.25) is 0 Å². The number of nitrogens with one attached hydrogen (secondary N) is 1. The number of nitrogens with zero attached hydrogens (tertiary/aromatic N) is 1. The van der Waals surface area contributed by atoms with Gasteiger partial charge in [-0.25, -0.2) is 0 Å². The fraction of sp³-hybridized carbons (Fsp3) is 0.400. The van der Waals surface area contributed by atoms with Gasteiger partial charge in [-0.05, 0) is 18.2 Å². The number of hydrogen-bond donors (Lipinski definition) is 1. The average Bonchev–Trinajstić information content (AvgIpc) is 2.95. The van der Waals surface area contributed by atoms with Crippen LogP contribution in [0.15, 0.2) is 36.0 Å². The van der Waals surface area contributed by atoms with Crippen LogP contribution >= 0.6 is 0 Å². The third kappa shape index (κ3) is 3.30. The van der Waals surface area contributed by atoms with E-state index in [0.29, 0.717) is 11.5 Å². The van der Waals surface area contributed by atoms with Crippen molar-refractivity contribution in [2.75, 3.05) is 27.3 Å². The molecule has 1 aliphatic heterocycles. The van der Waals surface area contributed by atoms with E-state index < -0.39 is 0 Å². The highest BCUT2D eigenvalue weighted by atomic mass is 16.6. The molecule has 1 aromatic carbocycles. The Morgan fingerprint density at radius 2 is 2.20 bits per heavy atom. The monoisotopic (exact) mass is 276 g/mol. The predicted molar refractivity (Wildman–Crippen MR) is 78.6 cm³/mol. The molecule has 108 valence electrons. The Morgan fingerprint density at radius 1 is 1.40 bits per heavy atom. The van der Waals surface area contributed by atoms with Crippen molar-refractivity contribution in [3.05, 3.63) is 36.4 Å². The summed E-state index contributed by atoms with van der Waals surface area (Å²) in [7, 11) is 3.24. The minimum absolute atomic E-state index is 0.0676. The van der Waals surface area contributed by atoms with E-state index in [1.54, 1.807) is 14.2 Å². The highest BCUT2D eigenvalue weighted by Gasteiger charge is 2.22. The molecule has 0 saturated carbocycles. The summed E-state index contributed by atoms with van der Waals surface area (Å²) in [5, 5.41) is 7.38. The molecule has 1 N–H and O–H groups in total. The van der Waals surface area contributed by atoms with Crippen LogP contribution in [0.3, 0.4) is 0 Å². The van der Waals surface area contributed by atoms with Crippen LogP contribution in [0.1, 0.15) is 12.0 Å². The second kappa shape index (κ2) is 6.96. The van der Waals surface area contributed by atoms with Crippen LogP contribution in [0.25, 0.3) is 0 Å². The third-order valence-electron chi connectivity index (χ3n) is 3.11. The SMILES string of the molecule is C=CCNC[C@H]1CC(c2ccc(OC)c(OC)c2)=NO1. The highest BCUT2D eigenvalue weighted by Crippen LogP contribution is 2.29. The number of hydrogen-bond acceptors (Lipinski definition) is 5. The van der Waals surface area contributed by atoms with Crippen molar-refractivity contribution in [2.24, 2.45) is 5.16 Å². The van der Waals surface area contributed by atoms with Gasteiger partial charge in [0.15, 0.2) is 11.5 Å². The second-order valence-corrected chi connectivity index (χ2v) is 4.49. The van der Waals surface area contributed by atoms with Gasteiger partial charge in [-0.1, -0.05) is 11.2 Å². The number of rotatable bonds is 7. The molecule has 0 spiro atoms. The molecule has 5 heteroatoms. The predicted octanol–water partition coefficient (Wildman–Crippen LogP) is 1.97. The first-order valence-electron chi connectivity index (χ1n) is 6.55. The van der Waals surface area contributed by atoms with E-state index >= 15 is 0 Å². The lowest BCUT2D eigenvalue weighted by Gasteiger charge is -2.09. The lowest BCUT2D eigenvalue weighted by molar-refractivity contribution is 0.0859. The molecule has 0 unspecified atom stereocenters. The Labute approximate surface area is 119 Å². The lowest BCUT2D eigenvalue weighted by atomic mass is 10.0. The van der Waals surface area contributed by atoms with Crippen LogP contribution in [-0.2, 0) is 4.84 Å². The first-order chi connectivity index (χ1) is 9.78. The summed E-state index contributed by atoms with van der Waals surface area (Å²) in [6.07, 6.45) is 2.67. The fourth-order valence-corrected chi connectivity index (χ4v) is 2.07. The Morgan fingerprint density at radius 3 is 2.90 bits per heavy atom. The van der Waals surface area contributed by atoms with E-state index in [0.717, 1.165) is 30.8 Å². The van der Waals surface area contributed by atoms with Crippen molar-refractivity contribution in [2.45, 2.75) is 12.5 Å². The van der Waals surface area contributed by atoms with E-state index in [1.807, 2.05) is 24.3 Å². The molecule has 2 rings (SSSR count).